The predicted molar refractivity (Wildman–Crippen MR) is 68.3 cm³/mol. The molecule has 1 saturated heterocycles. The van der Waals surface area contributed by atoms with E-state index in [9.17, 15) is 0 Å². The average molecular weight is 237 g/mol. The molecule has 2 rings (SSSR count). The van der Waals surface area contributed by atoms with Gasteiger partial charge in [0.2, 0.25) is 0 Å². The van der Waals surface area contributed by atoms with E-state index in [0.717, 1.165) is 37.6 Å². The molecule has 0 amide bonds. The van der Waals surface area contributed by atoms with Crippen LogP contribution < -0.4 is 5.32 Å². The summed E-state index contributed by atoms with van der Waals surface area (Å²) in [4.78, 5) is 0. The van der Waals surface area contributed by atoms with Crippen LogP contribution >= 0.6 is 0 Å². The molecular weight excluding hydrogens is 214 g/mol. The first-order valence-electron chi connectivity index (χ1n) is 6.46. The van der Waals surface area contributed by atoms with Crippen molar-refractivity contribution in [1.82, 2.24) is 5.32 Å². The number of furan rings is 1. The molecule has 3 heteroatoms. The standard InChI is InChI=1S/C14H23NO2/c1-9-10(2)17-11(3)13(9)14(15-4)12-5-7-16-8-6-12/h12,14-15H,5-8H2,1-4H3. The fraction of sp³-hybridized carbons (Fsp3) is 0.714. The predicted octanol–water partition coefficient (Wildman–Crippen LogP) is 2.89. The minimum Gasteiger partial charge on any atom is -0.466 e. The normalized spacial score (nSPS) is 19.5. The Morgan fingerprint density at radius 3 is 2.24 bits per heavy atom. The van der Waals surface area contributed by atoms with E-state index in [2.05, 4.69) is 19.2 Å². The highest BCUT2D eigenvalue weighted by molar-refractivity contribution is 5.34. The molecule has 17 heavy (non-hydrogen) atoms. The molecule has 0 spiro atoms. The highest BCUT2D eigenvalue weighted by Crippen LogP contribution is 2.35. The fourth-order valence-electron chi connectivity index (χ4n) is 2.93. The van der Waals surface area contributed by atoms with Gasteiger partial charge in [0.1, 0.15) is 11.5 Å². The maximum Gasteiger partial charge on any atom is 0.106 e. The van der Waals surface area contributed by atoms with Crippen LogP contribution in [0.25, 0.3) is 0 Å². The van der Waals surface area contributed by atoms with Crippen LogP contribution in [0.15, 0.2) is 4.42 Å². The Labute approximate surface area is 104 Å². The number of nitrogens with one attached hydrogen (secondary N) is 1. The molecule has 1 N–H and O–H groups in total. The van der Waals surface area contributed by atoms with Crippen LogP contribution in [-0.4, -0.2) is 20.3 Å². The van der Waals surface area contributed by atoms with E-state index in [0.29, 0.717) is 12.0 Å². The fourth-order valence-corrected chi connectivity index (χ4v) is 2.93. The third-order valence-electron chi connectivity index (χ3n) is 3.98. The summed E-state index contributed by atoms with van der Waals surface area (Å²) >= 11 is 0. The molecule has 2 heterocycles. The number of rotatable bonds is 3. The topological polar surface area (TPSA) is 34.4 Å². The lowest BCUT2D eigenvalue weighted by Crippen LogP contribution is -2.30. The van der Waals surface area contributed by atoms with E-state index in [1.54, 1.807) is 0 Å². The van der Waals surface area contributed by atoms with Crippen LogP contribution in [0.3, 0.4) is 0 Å². The first-order chi connectivity index (χ1) is 8.15. The van der Waals surface area contributed by atoms with Gasteiger partial charge in [-0.1, -0.05) is 0 Å². The minimum atomic E-state index is 0.399. The van der Waals surface area contributed by atoms with E-state index in [4.69, 9.17) is 9.15 Å². The molecule has 1 aliphatic rings. The Bertz CT molecular complexity index is 378. The minimum absolute atomic E-state index is 0.399. The molecule has 96 valence electrons. The third kappa shape index (κ3) is 2.40. The van der Waals surface area contributed by atoms with Crippen molar-refractivity contribution in [2.75, 3.05) is 20.3 Å². The van der Waals surface area contributed by atoms with E-state index in [1.807, 2.05) is 14.0 Å². The maximum absolute atomic E-state index is 5.75. The zero-order chi connectivity index (χ0) is 12.4. The summed E-state index contributed by atoms with van der Waals surface area (Å²) in [5.41, 5.74) is 2.66. The summed E-state index contributed by atoms with van der Waals surface area (Å²) in [7, 11) is 2.04. The Hall–Kier alpha value is -0.800. The van der Waals surface area contributed by atoms with Gasteiger partial charge in [-0.15, -0.1) is 0 Å². The van der Waals surface area contributed by atoms with Gasteiger partial charge < -0.3 is 14.5 Å². The van der Waals surface area contributed by atoms with Crippen molar-refractivity contribution in [2.45, 2.75) is 39.7 Å². The molecule has 1 atom stereocenters. The first-order valence-corrected chi connectivity index (χ1v) is 6.46. The van der Waals surface area contributed by atoms with Crippen molar-refractivity contribution in [3.63, 3.8) is 0 Å². The van der Waals surface area contributed by atoms with Gasteiger partial charge in [-0.25, -0.2) is 0 Å². The van der Waals surface area contributed by atoms with Crippen molar-refractivity contribution < 1.29 is 9.15 Å². The molecule has 3 nitrogen and oxygen atoms in total. The summed E-state index contributed by atoms with van der Waals surface area (Å²) in [6.07, 6.45) is 2.27. The zero-order valence-electron chi connectivity index (χ0n) is 11.3. The maximum atomic E-state index is 5.75. The van der Waals surface area contributed by atoms with E-state index in [1.165, 1.54) is 11.1 Å². The van der Waals surface area contributed by atoms with Crippen molar-refractivity contribution in [2.24, 2.45) is 5.92 Å². The lowest BCUT2D eigenvalue weighted by Gasteiger charge is -2.30. The van der Waals surface area contributed by atoms with Gasteiger partial charge in [-0.3, -0.25) is 0 Å². The highest BCUT2D eigenvalue weighted by atomic mass is 16.5. The Morgan fingerprint density at radius 2 is 1.76 bits per heavy atom. The molecular formula is C14H23NO2. The smallest absolute Gasteiger partial charge is 0.106 e. The molecule has 1 unspecified atom stereocenters. The lowest BCUT2D eigenvalue weighted by atomic mass is 9.85. The highest BCUT2D eigenvalue weighted by Gasteiger charge is 2.28. The number of aryl methyl sites for hydroxylation is 2. The number of hydrogen-bond acceptors (Lipinski definition) is 3. The molecule has 1 aromatic rings. The van der Waals surface area contributed by atoms with Crippen LogP contribution in [0.2, 0.25) is 0 Å². The van der Waals surface area contributed by atoms with Crippen LogP contribution in [-0.2, 0) is 4.74 Å². The first kappa shape index (κ1) is 12.7. The summed E-state index contributed by atoms with van der Waals surface area (Å²) in [5, 5.41) is 3.47. The van der Waals surface area contributed by atoms with Gasteiger partial charge in [-0.2, -0.15) is 0 Å². The van der Waals surface area contributed by atoms with Gasteiger partial charge in [0.25, 0.3) is 0 Å². The van der Waals surface area contributed by atoms with E-state index < -0.39 is 0 Å². The zero-order valence-corrected chi connectivity index (χ0v) is 11.3. The molecule has 0 aliphatic carbocycles. The number of ether oxygens (including phenoxy) is 1. The lowest BCUT2D eigenvalue weighted by molar-refractivity contribution is 0.0543. The van der Waals surface area contributed by atoms with Crippen molar-refractivity contribution >= 4 is 0 Å². The second kappa shape index (κ2) is 5.23. The third-order valence-corrected chi connectivity index (χ3v) is 3.98. The average Bonchev–Trinajstić information content (AvgIpc) is 2.58. The molecule has 1 aromatic heterocycles. The monoisotopic (exact) mass is 237 g/mol. The summed E-state index contributed by atoms with van der Waals surface area (Å²) in [5.74, 6) is 2.76. The van der Waals surface area contributed by atoms with Crippen LogP contribution in [0.4, 0.5) is 0 Å². The second-order valence-electron chi connectivity index (χ2n) is 4.97. The van der Waals surface area contributed by atoms with Crippen molar-refractivity contribution in [3.05, 3.63) is 22.6 Å². The van der Waals surface area contributed by atoms with Crippen LogP contribution in [0, 0.1) is 26.7 Å². The van der Waals surface area contributed by atoms with Crippen LogP contribution in [0.1, 0.15) is 41.5 Å². The molecule has 1 aliphatic heterocycles. The van der Waals surface area contributed by atoms with Gasteiger partial charge in [0, 0.05) is 24.8 Å². The molecule has 0 radical (unpaired) electrons. The summed E-state index contributed by atoms with van der Waals surface area (Å²) in [6, 6.07) is 0.399. The van der Waals surface area contributed by atoms with Gasteiger partial charge in [0.05, 0.1) is 0 Å². The van der Waals surface area contributed by atoms with Gasteiger partial charge >= 0.3 is 0 Å². The van der Waals surface area contributed by atoms with E-state index in [-0.39, 0.29) is 0 Å². The Morgan fingerprint density at radius 1 is 1.12 bits per heavy atom. The molecule has 1 fully saturated rings. The summed E-state index contributed by atoms with van der Waals surface area (Å²) < 4.78 is 11.2. The quantitative estimate of drug-likeness (QED) is 0.877. The largest absolute Gasteiger partial charge is 0.466 e. The Balaban J connectivity index is 2.27. The SMILES string of the molecule is CNC(c1c(C)oc(C)c1C)C1CCOCC1. The number of hydrogen-bond donors (Lipinski definition) is 1. The van der Waals surface area contributed by atoms with E-state index >= 15 is 0 Å². The van der Waals surface area contributed by atoms with Gasteiger partial charge in [0.15, 0.2) is 0 Å². The molecule has 0 aromatic carbocycles. The van der Waals surface area contributed by atoms with Crippen molar-refractivity contribution in [1.29, 1.82) is 0 Å². The molecule has 0 saturated carbocycles. The van der Waals surface area contributed by atoms with Crippen LogP contribution in [0.5, 0.6) is 0 Å². The van der Waals surface area contributed by atoms with Crippen molar-refractivity contribution in [3.8, 4) is 0 Å². The Kier molecular flexibility index (Phi) is 3.89. The summed E-state index contributed by atoms with van der Waals surface area (Å²) in [6.45, 7) is 8.04. The second-order valence-corrected chi connectivity index (χ2v) is 4.97. The van der Waals surface area contributed by atoms with Gasteiger partial charge in [-0.05, 0) is 52.1 Å². The molecule has 0 bridgehead atoms.